The molecule has 0 saturated carbocycles. The Morgan fingerprint density at radius 3 is 1.89 bits per heavy atom. The molecule has 0 aliphatic rings. The monoisotopic (exact) mass is 375 g/mol. The summed E-state index contributed by atoms with van der Waals surface area (Å²) in [6.07, 6.45) is 2.42. The third kappa shape index (κ3) is 5.37. The van der Waals surface area contributed by atoms with Crippen LogP contribution in [0.2, 0.25) is 0 Å². The maximum atomic E-state index is 6.18. The van der Waals surface area contributed by atoms with Crippen LogP contribution >= 0.6 is 0 Å². The third-order valence-electron chi connectivity index (χ3n) is 4.80. The van der Waals surface area contributed by atoms with Crippen molar-refractivity contribution in [2.75, 3.05) is 32.3 Å². The van der Waals surface area contributed by atoms with Crippen molar-refractivity contribution in [1.82, 2.24) is 0 Å². The van der Waals surface area contributed by atoms with Crippen molar-refractivity contribution in [1.29, 1.82) is 0 Å². The lowest BCUT2D eigenvalue weighted by Crippen LogP contribution is -2.43. The number of ether oxygens (including phenoxy) is 1. The van der Waals surface area contributed by atoms with Gasteiger partial charge in [0.2, 0.25) is 6.73 Å². The summed E-state index contributed by atoms with van der Waals surface area (Å²) in [6.45, 7) is 4.02. The fourth-order valence-corrected chi connectivity index (χ4v) is 3.21. The van der Waals surface area contributed by atoms with Gasteiger partial charge in [-0.15, -0.1) is 0 Å². The number of unbranched alkanes of at least 4 members (excludes halogenated alkanes) is 1. The fourth-order valence-electron chi connectivity index (χ4n) is 3.21. The van der Waals surface area contributed by atoms with Crippen LogP contribution < -0.4 is 9.64 Å². The number of hydrogen-bond acceptors (Lipinski definition) is 2. The smallest absolute Gasteiger partial charge is 0.223 e. The first-order chi connectivity index (χ1) is 13.6. The highest BCUT2D eigenvalue weighted by atomic mass is 16.5. The molecule has 3 heteroatoms. The first-order valence-electron chi connectivity index (χ1n) is 10.0. The molecular formula is C25H31N2O+. The van der Waals surface area contributed by atoms with Crippen molar-refractivity contribution in [3.8, 4) is 5.75 Å². The van der Waals surface area contributed by atoms with Crippen LogP contribution in [0.5, 0.6) is 5.75 Å². The van der Waals surface area contributed by atoms with Gasteiger partial charge in [0, 0.05) is 23.1 Å². The van der Waals surface area contributed by atoms with E-state index >= 15 is 0 Å². The predicted octanol–water partition coefficient (Wildman–Crippen LogP) is 6.37. The molecule has 0 atom stereocenters. The van der Waals surface area contributed by atoms with E-state index in [1.54, 1.807) is 0 Å². The van der Waals surface area contributed by atoms with E-state index < -0.39 is 0 Å². The molecule has 0 radical (unpaired) electrons. The summed E-state index contributed by atoms with van der Waals surface area (Å²) in [5.74, 6) is 0.900. The Balaban J connectivity index is 1.85. The summed E-state index contributed by atoms with van der Waals surface area (Å²) in [5.41, 5.74) is 3.35. The molecule has 0 aliphatic carbocycles. The molecule has 0 aliphatic heterocycles. The molecule has 0 aromatic heterocycles. The zero-order valence-electron chi connectivity index (χ0n) is 17.2. The molecule has 0 unspecified atom stereocenters. The van der Waals surface area contributed by atoms with Gasteiger partial charge in [-0.3, -0.25) is 4.48 Å². The molecule has 0 spiro atoms. The Hall–Kier alpha value is -2.78. The summed E-state index contributed by atoms with van der Waals surface area (Å²) in [5, 5.41) is 0. The second-order valence-corrected chi connectivity index (χ2v) is 7.79. The van der Waals surface area contributed by atoms with E-state index in [1.807, 2.05) is 18.2 Å². The van der Waals surface area contributed by atoms with E-state index in [0.717, 1.165) is 33.8 Å². The van der Waals surface area contributed by atoms with Gasteiger partial charge in [0.05, 0.1) is 20.6 Å². The molecule has 3 rings (SSSR count). The lowest BCUT2D eigenvalue weighted by molar-refractivity contribution is -0.905. The maximum absolute atomic E-state index is 6.18. The molecule has 0 heterocycles. The lowest BCUT2D eigenvalue weighted by Gasteiger charge is -2.29. The summed E-state index contributed by atoms with van der Waals surface area (Å²) in [6, 6.07) is 29.2. The van der Waals surface area contributed by atoms with Crippen LogP contribution in [0, 0.1) is 0 Å². The number of quaternary nitrogens is 1. The summed E-state index contributed by atoms with van der Waals surface area (Å²) < 4.78 is 7.04. The van der Waals surface area contributed by atoms with Gasteiger partial charge in [0.25, 0.3) is 0 Å². The zero-order valence-corrected chi connectivity index (χ0v) is 17.2. The molecule has 0 amide bonds. The molecule has 3 aromatic carbocycles. The zero-order chi connectivity index (χ0) is 19.8. The Labute approximate surface area is 169 Å². The number of hydrogen-bond donors (Lipinski definition) is 0. The number of anilines is 3. The molecule has 0 fully saturated rings. The van der Waals surface area contributed by atoms with Crippen molar-refractivity contribution < 1.29 is 9.22 Å². The van der Waals surface area contributed by atoms with E-state index in [0.29, 0.717) is 6.73 Å². The van der Waals surface area contributed by atoms with E-state index in [4.69, 9.17) is 4.74 Å². The van der Waals surface area contributed by atoms with Gasteiger partial charge in [-0.2, -0.15) is 0 Å². The first kappa shape index (κ1) is 20.0. The highest BCUT2D eigenvalue weighted by molar-refractivity contribution is 5.76. The first-order valence-corrected chi connectivity index (χ1v) is 10.0. The molecule has 0 saturated heterocycles. The van der Waals surface area contributed by atoms with Crippen LogP contribution in [-0.2, 0) is 0 Å². The quantitative estimate of drug-likeness (QED) is 0.318. The highest BCUT2D eigenvalue weighted by Crippen LogP contribution is 2.35. The van der Waals surface area contributed by atoms with E-state index in [9.17, 15) is 0 Å². The van der Waals surface area contributed by atoms with Crippen LogP contribution in [0.1, 0.15) is 19.8 Å². The van der Waals surface area contributed by atoms with Gasteiger partial charge in [-0.1, -0.05) is 55.8 Å². The molecule has 3 nitrogen and oxygen atoms in total. The van der Waals surface area contributed by atoms with Crippen LogP contribution in [0.25, 0.3) is 0 Å². The van der Waals surface area contributed by atoms with Gasteiger partial charge < -0.3 is 9.64 Å². The Kier molecular flexibility index (Phi) is 6.72. The average Bonchev–Trinajstić information content (AvgIpc) is 2.73. The summed E-state index contributed by atoms with van der Waals surface area (Å²) in [7, 11) is 4.44. The minimum atomic E-state index is 0.667. The van der Waals surface area contributed by atoms with Crippen molar-refractivity contribution in [3.05, 3.63) is 84.9 Å². The van der Waals surface area contributed by atoms with Crippen LogP contribution in [-0.4, -0.2) is 31.9 Å². The fraction of sp³-hybridized carbons (Fsp3) is 0.280. The van der Waals surface area contributed by atoms with Crippen LogP contribution in [0.15, 0.2) is 84.9 Å². The van der Waals surface area contributed by atoms with E-state index in [-0.39, 0.29) is 0 Å². The number of rotatable bonds is 9. The Morgan fingerprint density at radius 1 is 0.750 bits per heavy atom. The Bertz CT molecular complexity index is 807. The topological polar surface area (TPSA) is 12.5 Å². The standard InChI is InChI=1S/C25H31N2O/c1-4-5-19-27(2,3)21-28-25-18-12-17-24(20-25)26(22-13-8-6-9-14-22)23-15-10-7-11-16-23/h6-18,20H,4-5,19,21H2,1-3H3/q+1. The van der Waals surface area contributed by atoms with E-state index in [2.05, 4.69) is 92.6 Å². The third-order valence-corrected chi connectivity index (χ3v) is 4.80. The number of para-hydroxylation sites is 2. The minimum Gasteiger partial charge on any atom is -0.445 e. The number of nitrogens with zero attached hydrogens (tertiary/aromatic N) is 2. The maximum Gasteiger partial charge on any atom is 0.223 e. The highest BCUT2D eigenvalue weighted by Gasteiger charge is 2.16. The molecule has 0 bridgehead atoms. The molecule has 0 N–H and O–H groups in total. The average molecular weight is 376 g/mol. The number of benzene rings is 3. The van der Waals surface area contributed by atoms with Gasteiger partial charge >= 0.3 is 0 Å². The largest absolute Gasteiger partial charge is 0.445 e. The minimum absolute atomic E-state index is 0.667. The van der Waals surface area contributed by atoms with Gasteiger partial charge in [-0.05, 0) is 42.8 Å². The van der Waals surface area contributed by atoms with Gasteiger partial charge in [0.1, 0.15) is 5.75 Å². The van der Waals surface area contributed by atoms with Crippen molar-refractivity contribution in [3.63, 3.8) is 0 Å². The lowest BCUT2D eigenvalue weighted by atomic mass is 10.2. The summed E-state index contributed by atoms with van der Waals surface area (Å²) >= 11 is 0. The normalized spacial score (nSPS) is 11.2. The van der Waals surface area contributed by atoms with Crippen LogP contribution in [0.3, 0.4) is 0 Å². The van der Waals surface area contributed by atoms with Crippen molar-refractivity contribution in [2.45, 2.75) is 19.8 Å². The van der Waals surface area contributed by atoms with E-state index in [1.165, 1.54) is 12.8 Å². The van der Waals surface area contributed by atoms with Crippen molar-refractivity contribution >= 4 is 17.1 Å². The second-order valence-electron chi connectivity index (χ2n) is 7.79. The predicted molar refractivity (Wildman–Crippen MR) is 119 cm³/mol. The van der Waals surface area contributed by atoms with Gasteiger partial charge in [0.15, 0.2) is 0 Å². The van der Waals surface area contributed by atoms with Crippen molar-refractivity contribution in [2.24, 2.45) is 0 Å². The molecule has 3 aromatic rings. The molecule has 146 valence electrons. The molecule has 28 heavy (non-hydrogen) atoms. The van der Waals surface area contributed by atoms with Crippen LogP contribution in [0.4, 0.5) is 17.1 Å². The van der Waals surface area contributed by atoms with Gasteiger partial charge in [-0.25, -0.2) is 0 Å². The molecular weight excluding hydrogens is 344 g/mol. The SMILES string of the molecule is CCCC[N+](C)(C)COc1cccc(N(c2ccccc2)c2ccccc2)c1. The summed E-state index contributed by atoms with van der Waals surface area (Å²) in [4.78, 5) is 2.25. The Morgan fingerprint density at radius 2 is 1.32 bits per heavy atom. The second kappa shape index (κ2) is 9.43.